The third-order valence-corrected chi connectivity index (χ3v) is 8.70. The highest BCUT2D eigenvalue weighted by atomic mass is 19.1. The van der Waals surface area contributed by atoms with Crippen LogP contribution in [0.2, 0.25) is 0 Å². The molecule has 0 aromatic heterocycles. The van der Waals surface area contributed by atoms with Gasteiger partial charge in [0.2, 0.25) is 0 Å². The molecule has 10 atom stereocenters. The van der Waals surface area contributed by atoms with Gasteiger partial charge in [0.25, 0.3) is 0 Å². The molecule has 0 spiro atoms. The topological polar surface area (TPSA) is 63.8 Å². The lowest BCUT2D eigenvalue weighted by Crippen LogP contribution is -2.64. The fourth-order valence-electron chi connectivity index (χ4n) is 7.39. The first-order valence-electron chi connectivity index (χ1n) is 12.3. The van der Waals surface area contributed by atoms with E-state index in [1.165, 1.54) is 6.42 Å². The highest BCUT2D eigenvalue weighted by Crippen LogP contribution is 2.44. The van der Waals surface area contributed by atoms with Crippen molar-refractivity contribution in [2.75, 3.05) is 39.8 Å². The van der Waals surface area contributed by atoms with E-state index in [1.807, 2.05) is 0 Å². The summed E-state index contributed by atoms with van der Waals surface area (Å²) in [5, 5.41) is 12.2. The lowest BCUT2D eigenvalue weighted by atomic mass is 9.68. The standard InChI is InChI=1S/C22H41FN6O/c1-4-29-21-14(10-26-29)7-15-9-25-28(3)22(15)19-11-24-12-20(27-19)30-13(2)18-8-16(23)5-6-17(18)21/h13-22,24-27H,4-12H2,1-3H3. The molecule has 5 rings (SSSR count). The monoisotopic (exact) mass is 424 g/mol. The maximum absolute atomic E-state index is 14.6. The molecule has 0 aromatic carbocycles. The number of nitrogens with zero attached hydrogens (tertiary/aromatic N) is 2. The highest BCUT2D eigenvalue weighted by molar-refractivity contribution is 5.02. The Balaban J connectivity index is 1.48. The number of hydrazine groups is 2. The molecule has 1 aliphatic carbocycles. The number of hydrogen-bond acceptors (Lipinski definition) is 7. The molecule has 0 aromatic rings. The van der Waals surface area contributed by atoms with Gasteiger partial charge in [0, 0.05) is 57.9 Å². The second kappa shape index (κ2) is 8.89. The van der Waals surface area contributed by atoms with Gasteiger partial charge in [-0.1, -0.05) is 6.92 Å². The fourth-order valence-corrected chi connectivity index (χ4v) is 7.39. The molecule has 4 saturated heterocycles. The Morgan fingerprint density at radius 2 is 1.77 bits per heavy atom. The predicted octanol–water partition coefficient (Wildman–Crippen LogP) is 0.697. The average molecular weight is 425 g/mol. The number of ether oxygens (including phenoxy) is 1. The maximum atomic E-state index is 14.6. The Kier molecular flexibility index (Phi) is 6.37. The van der Waals surface area contributed by atoms with Gasteiger partial charge < -0.3 is 10.1 Å². The zero-order chi connectivity index (χ0) is 20.8. The Morgan fingerprint density at radius 1 is 0.967 bits per heavy atom. The Bertz CT molecular complexity index is 598. The summed E-state index contributed by atoms with van der Waals surface area (Å²) in [6.07, 6.45) is 2.91. The van der Waals surface area contributed by atoms with Crippen molar-refractivity contribution in [3.8, 4) is 0 Å². The van der Waals surface area contributed by atoms with Crippen LogP contribution in [0.5, 0.6) is 0 Å². The zero-order valence-corrected chi connectivity index (χ0v) is 18.8. The van der Waals surface area contributed by atoms with E-state index in [4.69, 9.17) is 4.74 Å². The van der Waals surface area contributed by atoms with Crippen LogP contribution in [0, 0.1) is 23.7 Å². The summed E-state index contributed by atoms with van der Waals surface area (Å²) >= 11 is 0. The number of likely N-dealkylation sites (N-methyl/N-ethyl adjacent to an activating group) is 1. The molecular weight excluding hydrogens is 383 g/mol. The van der Waals surface area contributed by atoms with Gasteiger partial charge in [0.1, 0.15) is 12.4 Å². The van der Waals surface area contributed by atoms with Crippen molar-refractivity contribution in [3.05, 3.63) is 0 Å². The molecule has 7 nitrogen and oxygen atoms in total. The van der Waals surface area contributed by atoms with E-state index >= 15 is 0 Å². The normalized spacial score (nSPS) is 50.8. The van der Waals surface area contributed by atoms with Gasteiger partial charge in [-0.3, -0.25) is 16.2 Å². The third kappa shape index (κ3) is 3.93. The largest absolute Gasteiger partial charge is 0.359 e. The lowest BCUT2D eigenvalue weighted by Gasteiger charge is -2.47. The summed E-state index contributed by atoms with van der Waals surface area (Å²) in [6.45, 7) is 9.30. The molecule has 0 amide bonds. The van der Waals surface area contributed by atoms with Crippen LogP contribution in [0.1, 0.15) is 39.5 Å². The van der Waals surface area contributed by atoms with E-state index in [0.29, 0.717) is 48.7 Å². The van der Waals surface area contributed by atoms with Crippen LogP contribution >= 0.6 is 0 Å². The highest BCUT2D eigenvalue weighted by Gasteiger charge is 2.49. The summed E-state index contributed by atoms with van der Waals surface area (Å²) in [4.78, 5) is 0. The number of piperazine rings is 1. The second-order valence-corrected chi connectivity index (χ2v) is 10.4. The van der Waals surface area contributed by atoms with Gasteiger partial charge in [-0.15, -0.1) is 0 Å². The molecule has 0 radical (unpaired) electrons. The van der Waals surface area contributed by atoms with E-state index in [-0.39, 0.29) is 18.2 Å². The number of fused-ring (bicyclic) bond motifs is 7. The Hall–Kier alpha value is -0.350. The van der Waals surface area contributed by atoms with E-state index < -0.39 is 6.17 Å². The number of nitrogens with one attached hydrogen (secondary N) is 4. The van der Waals surface area contributed by atoms with Crippen LogP contribution in [0.25, 0.3) is 0 Å². The van der Waals surface area contributed by atoms with E-state index in [0.717, 1.165) is 39.1 Å². The van der Waals surface area contributed by atoms with Crippen molar-refractivity contribution in [1.29, 1.82) is 0 Å². The predicted molar refractivity (Wildman–Crippen MR) is 115 cm³/mol. The van der Waals surface area contributed by atoms with Crippen LogP contribution in [-0.4, -0.2) is 86.4 Å². The van der Waals surface area contributed by atoms with Gasteiger partial charge in [-0.2, -0.15) is 0 Å². The Labute approximate surface area is 180 Å². The molecule has 4 heterocycles. The van der Waals surface area contributed by atoms with Gasteiger partial charge in [0.05, 0.1) is 6.10 Å². The molecule has 5 aliphatic rings. The van der Waals surface area contributed by atoms with E-state index in [2.05, 4.69) is 52.4 Å². The molecular formula is C22H41FN6O. The van der Waals surface area contributed by atoms with Crippen LogP contribution < -0.4 is 21.5 Å². The molecule has 10 unspecified atom stereocenters. The van der Waals surface area contributed by atoms with Crippen LogP contribution in [0.15, 0.2) is 0 Å². The van der Waals surface area contributed by atoms with Gasteiger partial charge in [-0.05, 0) is 56.3 Å². The average Bonchev–Trinajstić information content (AvgIpc) is 3.30. The van der Waals surface area contributed by atoms with Crippen molar-refractivity contribution in [3.63, 3.8) is 0 Å². The maximum Gasteiger partial charge on any atom is 0.121 e. The molecule has 4 aliphatic heterocycles. The first-order valence-corrected chi connectivity index (χ1v) is 12.3. The summed E-state index contributed by atoms with van der Waals surface area (Å²) in [6, 6.07) is 1.29. The fraction of sp³-hybridized carbons (Fsp3) is 1.00. The minimum atomic E-state index is -0.685. The second-order valence-electron chi connectivity index (χ2n) is 10.4. The smallest absolute Gasteiger partial charge is 0.121 e. The molecule has 2 bridgehead atoms. The quantitative estimate of drug-likeness (QED) is 0.494. The third-order valence-electron chi connectivity index (χ3n) is 8.70. The lowest BCUT2D eigenvalue weighted by molar-refractivity contribution is -0.104. The van der Waals surface area contributed by atoms with Crippen LogP contribution in [-0.2, 0) is 4.74 Å². The number of halogens is 1. The SMILES string of the molecule is CCN1NCC2CC3CNN(C)C3C3CNCC(N3)OC(C)C3CC(F)CCC3C21. The Morgan fingerprint density at radius 3 is 2.60 bits per heavy atom. The first kappa shape index (κ1) is 21.5. The number of alkyl halides is 1. The number of hydrogen-bond donors (Lipinski definition) is 4. The number of rotatable bonds is 1. The van der Waals surface area contributed by atoms with Crippen molar-refractivity contribution >= 4 is 0 Å². The first-order chi connectivity index (χ1) is 14.5. The molecule has 5 fully saturated rings. The minimum Gasteiger partial charge on any atom is -0.359 e. The van der Waals surface area contributed by atoms with Crippen molar-refractivity contribution in [1.82, 2.24) is 31.5 Å². The summed E-state index contributed by atoms with van der Waals surface area (Å²) < 4.78 is 21.2. The van der Waals surface area contributed by atoms with Crippen molar-refractivity contribution in [2.45, 2.75) is 76.2 Å². The molecule has 172 valence electrons. The van der Waals surface area contributed by atoms with Gasteiger partial charge >= 0.3 is 0 Å². The zero-order valence-electron chi connectivity index (χ0n) is 18.8. The minimum absolute atomic E-state index is 0.00626. The molecule has 4 N–H and O–H groups in total. The van der Waals surface area contributed by atoms with Crippen molar-refractivity contribution < 1.29 is 9.13 Å². The molecule has 8 heteroatoms. The molecule has 30 heavy (non-hydrogen) atoms. The molecule has 1 saturated carbocycles. The summed E-state index contributed by atoms with van der Waals surface area (Å²) in [5.74, 6) is 1.97. The van der Waals surface area contributed by atoms with Crippen LogP contribution in [0.4, 0.5) is 4.39 Å². The van der Waals surface area contributed by atoms with Gasteiger partial charge in [-0.25, -0.2) is 14.4 Å². The van der Waals surface area contributed by atoms with Crippen molar-refractivity contribution in [2.24, 2.45) is 23.7 Å². The summed E-state index contributed by atoms with van der Waals surface area (Å²) in [7, 11) is 2.19. The van der Waals surface area contributed by atoms with Gasteiger partial charge in [0.15, 0.2) is 0 Å². The van der Waals surface area contributed by atoms with Crippen LogP contribution in [0.3, 0.4) is 0 Å². The summed E-state index contributed by atoms with van der Waals surface area (Å²) in [5.41, 5.74) is 7.32. The van der Waals surface area contributed by atoms with E-state index in [9.17, 15) is 4.39 Å². The van der Waals surface area contributed by atoms with E-state index in [1.54, 1.807) is 0 Å².